The van der Waals surface area contributed by atoms with Crippen molar-refractivity contribution >= 4 is 10.2 Å². The minimum Gasteiger partial charge on any atom is -0.389 e. The number of hydrogen-bond donors (Lipinski definition) is 1. The van der Waals surface area contributed by atoms with Crippen LogP contribution in [0.1, 0.15) is 32.6 Å². The van der Waals surface area contributed by atoms with E-state index in [1.54, 1.807) is 14.0 Å². The Balaban J connectivity index is 2.68. The molecule has 1 aliphatic rings. The van der Waals surface area contributed by atoms with Gasteiger partial charge in [-0.05, 0) is 12.8 Å². The molecule has 0 radical (unpaired) electrons. The Morgan fingerprint density at radius 2 is 1.69 bits per heavy atom. The molecule has 5 nitrogen and oxygen atoms in total. The maximum absolute atomic E-state index is 11.9. The highest BCUT2D eigenvalue weighted by Crippen LogP contribution is 2.30. The molecule has 0 heterocycles. The third kappa shape index (κ3) is 2.94. The van der Waals surface area contributed by atoms with Crippen molar-refractivity contribution in [3.8, 4) is 0 Å². The zero-order valence-corrected chi connectivity index (χ0v) is 11.1. The highest BCUT2D eigenvalue weighted by atomic mass is 32.2. The summed E-state index contributed by atoms with van der Waals surface area (Å²) in [6.45, 7) is 2.42. The average Bonchev–Trinajstić information content (AvgIpc) is 2.63. The summed E-state index contributed by atoms with van der Waals surface area (Å²) in [5.41, 5.74) is -0.823. The highest BCUT2D eigenvalue weighted by molar-refractivity contribution is 7.86. The molecular formula is C10H22N2O3S. The topological polar surface area (TPSA) is 60.9 Å². The van der Waals surface area contributed by atoms with E-state index in [4.69, 9.17) is 0 Å². The molecule has 0 aromatic carbocycles. The number of nitrogens with zero attached hydrogens (tertiary/aromatic N) is 2. The monoisotopic (exact) mass is 250 g/mol. The molecule has 16 heavy (non-hydrogen) atoms. The van der Waals surface area contributed by atoms with Gasteiger partial charge in [-0.1, -0.05) is 19.8 Å². The molecule has 0 saturated heterocycles. The lowest BCUT2D eigenvalue weighted by molar-refractivity contribution is 0.0324. The molecule has 1 fully saturated rings. The maximum atomic E-state index is 11.9. The summed E-state index contributed by atoms with van der Waals surface area (Å²) >= 11 is 0. The Morgan fingerprint density at radius 1 is 1.19 bits per heavy atom. The molecule has 0 aromatic rings. The summed E-state index contributed by atoms with van der Waals surface area (Å²) in [6.07, 6.45) is 3.35. The molecule has 0 bridgehead atoms. The van der Waals surface area contributed by atoms with E-state index >= 15 is 0 Å². The summed E-state index contributed by atoms with van der Waals surface area (Å²) in [5.74, 6) is 0. The largest absolute Gasteiger partial charge is 0.389 e. The number of rotatable bonds is 5. The predicted molar refractivity (Wildman–Crippen MR) is 63.3 cm³/mol. The Labute approximate surface area is 98.2 Å². The summed E-state index contributed by atoms with van der Waals surface area (Å²) < 4.78 is 26.4. The zero-order chi connectivity index (χ0) is 12.4. The van der Waals surface area contributed by atoms with Gasteiger partial charge in [0.15, 0.2) is 0 Å². The minimum atomic E-state index is -3.41. The van der Waals surface area contributed by atoms with Crippen LogP contribution in [0.4, 0.5) is 0 Å². The van der Waals surface area contributed by atoms with Crippen molar-refractivity contribution < 1.29 is 13.5 Å². The SMILES string of the molecule is CCN(C)S(=O)(=O)N(C)CC1(O)CCCC1. The first-order valence-corrected chi connectivity index (χ1v) is 7.11. The molecule has 1 rings (SSSR count). The van der Waals surface area contributed by atoms with Crippen LogP contribution in [0.3, 0.4) is 0 Å². The normalized spacial score (nSPS) is 20.9. The molecule has 1 saturated carbocycles. The fourth-order valence-corrected chi connectivity index (χ4v) is 3.29. The Morgan fingerprint density at radius 3 is 2.12 bits per heavy atom. The van der Waals surface area contributed by atoms with Gasteiger partial charge in [0.25, 0.3) is 10.2 Å². The van der Waals surface area contributed by atoms with Crippen molar-refractivity contribution in [1.82, 2.24) is 8.61 Å². The van der Waals surface area contributed by atoms with Crippen molar-refractivity contribution in [2.75, 3.05) is 27.2 Å². The van der Waals surface area contributed by atoms with Crippen LogP contribution in [0, 0.1) is 0 Å². The van der Waals surface area contributed by atoms with Gasteiger partial charge in [0.1, 0.15) is 0 Å². The molecule has 0 atom stereocenters. The van der Waals surface area contributed by atoms with E-state index in [2.05, 4.69) is 0 Å². The average molecular weight is 250 g/mol. The van der Waals surface area contributed by atoms with E-state index in [0.717, 1.165) is 12.8 Å². The smallest absolute Gasteiger partial charge is 0.281 e. The van der Waals surface area contributed by atoms with Crippen LogP contribution in [0.15, 0.2) is 0 Å². The summed E-state index contributed by atoms with van der Waals surface area (Å²) in [4.78, 5) is 0. The first kappa shape index (κ1) is 13.9. The molecule has 96 valence electrons. The van der Waals surface area contributed by atoms with Crippen molar-refractivity contribution in [2.24, 2.45) is 0 Å². The zero-order valence-electron chi connectivity index (χ0n) is 10.3. The lowest BCUT2D eigenvalue weighted by Gasteiger charge is -2.30. The van der Waals surface area contributed by atoms with Crippen LogP contribution < -0.4 is 0 Å². The molecule has 0 unspecified atom stereocenters. The molecule has 0 amide bonds. The van der Waals surface area contributed by atoms with Crippen LogP contribution in [-0.2, 0) is 10.2 Å². The molecule has 0 aromatic heterocycles. The van der Waals surface area contributed by atoms with Gasteiger partial charge in [-0.15, -0.1) is 0 Å². The van der Waals surface area contributed by atoms with E-state index in [9.17, 15) is 13.5 Å². The van der Waals surface area contributed by atoms with E-state index < -0.39 is 15.8 Å². The van der Waals surface area contributed by atoms with Gasteiger partial charge in [-0.3, -0.25) is 0 Å². The van der Waals surface area contributed by atoms with Crippen molar-refractivity contribution in [2.45, 2.75) is 38.2 Å². The molecule has 0 aliphatic heterocycles. The van der Waals surface area contributed by atoms with Crippen LogP contribution in [-0.4, -0.2) is 54.9 Å². The van der Waals surface area contributed by atoms with Crippen LogP contribution in [0.2, 0.25) is 0 Å². The van der Waals surface area contributed by atoms with Gasteiger partial charge >= 0.3 is 0 Å². The van der Waals surface area contributed by atoms with Crippen molar-refractivity contribution in [3.05, 3.63) is 0 Å². The van der Waals surface area contributed by atoms with Gasteiger partial charge in [0.2, 0.25) is 0 Å². The van der Waals surface area contributed by atoms with Gasteiger partial charge in [-0.25, -0.2) is 0 Å². The molecule has 6 heteroatoms. The van der Waals surface area contributed by atoms with Gasteiger partial charge in [0.05, 0.1) is 5.60 Å². The third-order valence-corrected chi connectivity index (χ3v) is 5.25. The Bertz CT molecular complexity index is 323. The van der Waals surface area contributed by atoms with E-state index in [1.807, 2.05) is 0 Å². The summed E-state index contributed by atoms with van der Waals surface area (Å²) in [6, 6.07) is 0. The van der Waals surface area contributed by atoms with Crippen LogP contribution >= 0.6 is 0 Å². The lowest BCUT2D eigenvalue weighted by Crippen LogP contribution is -2.46. The van der Waals surface area contributed by atoms with Crippen molar-refractivity contribution in [3.63, 3.8) is 0 Å². The molecule has 0 spiro atoms. The lowest BCUT2D eigenvalue weighted by atomic mass is 10.0. The second-order valence-corrected chi connectivity index (χ2v) is 6.75. The first-order chi connectivity index (χ1) is 7.32. The van der Waals surface area contributed by atoms with Crippen molar-refractivity contribution in [1.29, 1.82) is 0 Å². The van der Waals surface area contributed by atoms with Gasteiger partial charge in [0, 0.05) is 27.2 Å². The quantitative estimate of drug-likeness (QED) is 0.769. The molecular weight excluding hydrogens is 228 g/mol. The minimum absolute atomic E-state index is 0.194. The maximum Gasteiger partial charge on any atom is 0.281 e. The number of likely N-dealkylation sites (N-methyl/N-ethyl adjacent to an activating group) is 1. The fourth-order valence-electron chi connectivity index (χ4n) is 2.09. The molecule has 1 aliphatic carbocycles. The van der Waals surface area contributed by atoms with Crippen LogP contribution in [0.25, 0.3) is 0 Å². The third-order valence-electron chi connectivity index (χ3n) is 3.28. The second kappa shape index (κ2) is 5.00. The van der Waals surface area contributed by atoms with E-state index in [-0.39, 0.29) is 6.54 Å². The first-order valence-electron chi connectivity index (χ1n) is 5.72. The van der Waals surface area contributed by atoms with E-state index in [0.29, 0.717) is 19.4 Å². The summed E-state index contributed by atoms with van der Waals surface area (Å²) in [7, 11) is -0.336. The fraction of sp³-hybridized carbons (Fsp3) is 1.00. The summed E-state index contributed by atoms with van der Waals surface area (Å²) in [5, 5.41) is 10.2. The standard InChI is InChI=1S/C10H22N2O3S/c1-4-11(2)16(14,15)12(3)9-10(13)7-5-6-8-10/h13H,4-9H2,1-3H3. The van der Waals surface area contributed by atoms with E-state index in [1.165, 1.54) is 15.7 Å². The second-order valence-electron chi connectivity index (χ2n) is 4.61. The Hall–Kier alpha value is -0.170. The highest BCUT2D eigenvalue weighted by Gasteiger charge is 2.36. The van der Waals surface area contributed by atoms with Crippen LogP contribution in [0.5, 0.6) is 0 Å². The Kier molecular flexibility index (Phi) is 4.34. The number of hydrogen-bond acceptors (Lipinski definition) is 3. The molecule has 1 N–H and O–H groups in total. The number of aliphatic hydroxyl groups is 1. The predicted octanol–water partition coefficient (Wildman–Crippen LogP) is 0.420. The van der Waals surface area contributed by atoms with Gasteiger partial charge < -0.3 is 5.11 Å². The van der Waals surface area contributed by atoms with Gasteiger partial charge in [-0.2, -0.15) is 17.0 Å².